The highest BCUT2D eigenvalue weighted by Crippen LogP contribution is 2.22. The van der Waals surface area contributed by atoms with Gasteiger partial charge in [-0.25, -0.2) is 0 Å². The quantitative estimate of drug-likeness (QED) is 0.794. The zero-order valence-electron chi connectivity index (χ0n) is 13.4. The Morgan fingerprint density at radius 1 is 0.842 bits per heavy atom. The molecule has 1 rings (SSSR count). The van der Waals surface area contributed by atoms with Crippen LogP contribution in [0.2, 0.25) is 0 Å². The fourth-order valence-corrected chi connectivity index (χ4v) is 1.88. The maximum Gasteiger partial charge on any atom is 0.0206 e. The van der Waals surface area contributed by atoms with Crippen molar-refractivity contribution in [2.45, 2.75) is 59.0 Å². The van der Waals surface area contributed by atoms with Crippen molar-refractivity contribution < 1.29 is 0 Å². The van der Waals surface area contributed by atoms with E-state index in [1.54, 1.807) is 0 Å². The highest BCUT2D eigenvalue weighted by Gasteiger charge is 2.12. The summed E-state index contributed by atoms with van der Waals surface area (Å²) in [5, 5.41) is 6.94. The molecule has 0 bridgehead atoms. The van der Waals surface area contributed by atoms with Crippen LogP contribution in [0.1, 0.15) is 52.7 Å². The van der Waals surface area contributed by atoms with Gasteiger partial charge in [0.1, 0.15) is 0 Å². The zero-order chi connectivity index (χ0) is 14.5. The average molecular weight is 262 g/mol. The number of hydrogen-bond donors (Lipinski definition) is 2. The smallest absolute Gasteiger partial charge is 0.0206 e. The Kier molecular flexibility index (Phi) is 5.57. The molecule has 0 aliphatic heterocycles. The summed E-state index contributed by atoms with van der Waals surface area (Å²) in [7, 11) is 0. The number of nitrogens with one attached hydrogen (secondary N) is 2. The molecule has 2 N–H and O–H groups in total. The van der Waals surface area contributed by atoms with Gasteiger partial charge in [0.15, 0.2) is 0 Å². The van der Waals surface area contributed by atoms with Crippen LogP contribution in [0.5, 0.6) is 0 Å². The normalized spacial score (nSPS) is 12.7. The van der Waals surface area contributed by atoms with E-state index in [-0.39, 0.29) is 11.0 Å². The monoisotopic (exact) mass is 262 g/mol. The predicted octanol–water partition coefficient (Wildman–Crippen LogP) is 3.46. The van der Waals surface area contributed by atoms with Crippen molar-refractivity contribution in [3.05, 3.63) is 35.4 Å². The molecule has 0 saturated heterocycles. The third kappa shape index (κ3) is 6.74. The van der Waals surface area contributed by atoms with Crippen LogP contribution < -0.4 is 10.6 Å². The van der Waals surface area contributed by atoms with Gasteiger partial charge in [0, 0.05) is 25.2 Å². The second-order valence-corrected chi connectivity index (χ2v) is 7.30. The zero-order valence-corrected chi connectivity index (χ0v) is 13.4. The molecule has 108 valence electrons. The van der Waals surface area contributed by atoms with E-state index in [2.05, 4.69) is 76.4 Å². The van der Waals surface area contributed by atoms with Gasteiger partial charge >= 0.3 is 0 Å². The lowest BCUT2D eigenvalue weighted by atomic mass is 9.87. The van der Waals surface area contributed by atoms with Gasteiger partial charge in [-0.1, -0.05) is 45.0 Å². The Bertz CT molecular complexity index is 366. The van der Waals surface area contributed by atoms with Gasteiger partial charge in [-0.3, -0.25) is 0 Å². The molecule has 0 unspecified atom stereocenters. The third-order valence-electron chi connectivity index (χ3n) is 3.11. The maximum absolute atomic E-state index is 3.47. The summed E-state index contributed by atoms with van der Waals surface area (Å²) in [4.78, 5) is 0. The van der Waals surface area contributed by atoms with E-state index in [1.807, 2.05) is 0 Å². The van der Waals surface area contributed by atoms with E-state index in [9.17, 15) is 0 Å². The lowest BCUT2D eigenvalue weighted by Crippen LogP contribution is -2.40. The topological polar surface area (TPSA) is 24.1 Å². The Morgan fingerprint density at radius 3 is 1.89 bits per heavy atom. The third-order valence-corrected chi connectivity index (χ3v) is 3.11. The highest BCUT2D eigenvalue weighted by molar-refractivity contribution is 5.27. The summed E-state index contributed by atoms with van der Waals surface area (Å²) < 4.78 is 0. The molecule has 0 atom stereocenters. The van der Waals surface area contributed by atoms with Gasteiger partial charge < -0.3 is 10.6 Å². The fraction of sp³-hybridized carbons (Fsp3) is 0.647. The van der Waals surface area contributed by atoms with Crippen LogP contribution in [-0.2, 0) is 12.0 Å². The molecule has 2 heteroatoms. The van der Waals surface area contributed by atoms with Crippen molar-refractivity contribution in [2.24, 2.45) is 0 Å². The molecule has 0 saturated carbocycles. The van der Waals surface area contributed by atoms with Crippen molar-refractivity contribution in [1.29, 1.82) is 0 Å². The molecular weight excluding hydrogens is 232 g/mol. The van der Waals surface area contributed by atoms with Crippen LogP contribution in [0, 0.1) is 0 Å². The molecule has 0 amide bonds. The van der Waals surface area contributed by atoms with Gasteiger partial charge in [0.25, 0.3) is 0 Å². The summed E-state index contributed by atoms with van der Waals surface area (Å²) in [6, 6.07) is 8.93. The lowest BCUT2D eigenvalue weighted by Gasteiger charge is -2.21. The highest BCUT2D eigenvalue weighted by atomic mass is 15.0. The van der Waals surface area contributed by atoms with Crippen LogP contribution in [0.3, 0.4) is 0 Å². The first-order valence-electron chi connectivity index (χ1n) is 7.24. The van der Waals surface area contributed by atoms with Crippen LogP contribution in [0.4, 0.5) is 0 Å². The van der Waals surface area contributed by atoms with Crippen LogP contribution in [-0.4, -0.2) is 18.6 Å². The molecule has 1 aromatic carbocycles. The summed E-state index contributed by atoms with van der Waals surface area (Å²) in [5.74, 6) is 0. The SMILES string of the molecule is CC(C)(C)NCCNCc1ccc(C(C)(C)C)cc1. The van der Waals surface area contributed by atoms with Crippen molar-refractivity contribution >= 4 is 0 Å². The van der Waals surface area contributed by atoms with Crippen molar-refractivity contribution in [2.75, 3.05) is 13.1 Å². The van der Waals surface area contributed by atoms with Gasteiger partial charge in [0.2, 0.25) is 0 Å². The molecule has 0 spiro atoms. The minimum Gasteiger partial charge on any atom is -0.311 e. The summed E-state index contributed by atoms with van der Waals surface area (Å²) >= 11 is 0. The van der Waals surface area contributed by atoms with E-state index >= 15 is 0 Å². The lowest BCUT2D eigenvalue weighted by molar-refractivity contribution is 0.421. The van der Waals surface area contributed by atoms with E-state index in [0.717, 1.165) is 19.6 Å². The second kappa shape index (κ2) is 6.53. The summed E-state index contributed by atoms with van der Waals surface area (Å²) in [6.45, 7) is 16.3. The van der Waals surface area contributed by atoms with Gasteiger partial charge in [0.05, 0.1) is 0 Å². The molecule has 1 aromatic rings. The van der Waals surface area contributed by atoms with Gasteiger partial charge in [-0.15, -0.1) is 0 Å². The first-order valence-corrected chi connectivity index (χ1v) is 7.24. The number of benzene rings is 1. The summed E-state index contributed by atoms with van der Waals surface area (Å²) in [6.07, 6.45) is 0. The Labute approximate surface area is 119 Å². The van der Waals surface area contributed by atoms with E-state index in [1.165, 1.54) is 11.1 Å². The van der Waals surface area contributed by atoms with Crippen LogP contribution in [0.15, 0.2) is 24.3 Å². The molecule has 0 aliphatic rings. The Balaban J connectivity index is 2.31. The first-order chi connectivity index (χ1) is 8.68. The minimum atomic E-state index is 0.204. The maximum atomic E-state index is 3.47. The van der Waals surface area contributed by atoms with Crippen molar-refractivity contribution in [3.8, 4) is 0 Å². The molecule has 0 aromatic heterocycles. The Hall–Kier alpha value is -0.860. The van der Waals surface area contributed by atoms with Crippen LogP contribution >= 0.6 is 0 Å². The molecule has 0 radical (unpaired) electrons. The van der Waals surface area contributed by atoms with Crippen molar-refractivity contribution in [3.63, 3.8) is 0 Å². The Morgan fingerprint density at radius 2 is 1.42 bits per heavy atom. The standard InChI is InChI=1S/C17H30N2/c1-16(2,3)15-9-7-14(8-10-15)13-18-11-12-19-17(4,5)6/h7-10,18-19H,11-13H2,1-6H3. The second-order valence-electron chi connectivity index (χ2n) is 7.30. The number of hydrogen-bond acceptors (Lipinski definition) is 2. The van der Waals surface area contributed by atoms with E-state index < -0.39 is 0 Å². The number of rotatable bonds is 5. The molecular formula is C17H30N2. The van der Waals surface area contributed by atoms with Gasteiger partial charge in [-0.2, -0.15) is 0 Å². The molecule has 0 fully saturated rings. The fourth-order valence-electron chi connectivity index (χ4n) is 1.88. The van der Waals surface area contributed by atoms with E-state index in [0.29, 0.717) is 0 Å². The molecule has 2 nitrogen and oxygen atoms in total. The summed E-state index contributed by atoms with van der Waals surface area (Å²) in [5.41, 5.74) is 3.19. The predicted molar refractivity (Wildman–Crippen MR) is 84.6 cm³/mol. The molecule has 0 heterocycles. The van der Waals surface area contributed by atoms with E-state index in [4.69, 9.17) is 0 Å². The van der Waals surface area contributed by atoms with Crippen LogP contribution in [0.25, 0.3) is 0 Å². The first kappa shape index (κ1) is 16.2. The average Bonchev–Trinajstić information content (AvgIpc) is 2.26. The van der Waals surface area contributed by atoms with Crippen molar-refractivity contribution in [1.82, 2.24) is 10.6 Å². The molecule has 0 aliphatic carbocycles. The van der Waals surface area contributed by atoms with Gasteiger partial charge in [-0.05, 0) is 37.3 Å². The molecule has 19 heavy (non-hydrogen) atoms. The minimum absolute atomic E-state index is 0.204. The largest absolute Gasteiger partial charge is 0.311 e.